The van der Waals surface area contributed by atoms with Gasteiger partial charge in [-0.2, -0.15) is 5.10 Å². The van der Waals surface area contributed by atoms with E-state index >= 15 is 0 Å². The highest BCUT2D eigenvalue weighted by Crippen LogP contribution is 2.27. The second-order valence-corrected chi connectivity index (χ2v) is 11.3. The lowest BCUT2D eigenvalue weighted by atomic mass is 10.4. The number of aryl methyl sites for hydroxylation is 1. The largest absolute Gasteiger partial charge is 0.359 e. The minimum atomic E-state index is -1.13. The normalized spacial score (nSPS) is 11.8. The lowest BCUT2D eigenvalue weighted by molar-refractivity contribution is -0.385. The van der Waals surface area contributed by atoms with Crippen molar-refractivity contribution < 1.29 is 9.66 Å². The van der Waals surface area contributed by atoms with E-state index in [1.165, 1.54) is 4.68 Å². The van der Waals surface area contributed by atoms with E-state index < -0.39 is 13.0 Å². The molecule has 0 spiro atoms. The maximum atomic E-state index is 10.7. The zero-order valence-corrected chi connectivity index (χ0v) is 12.8. The van der Waals surface area contributed by atoms with Crippen molar-refractivity contribution in [1.29, 1.82) is 0 Å². The Morgan fingerprint density at radius 3 is 2.56 bits per heavy atom. The van der Waals surface area contributed by atoms with Crippen molar-refractivity contribution in [3.63, 3.8) is 0 Å². The van der Waals surface area contributed by atoms with Gasteiger partial charge in [0.15, 0.2) is 0 Å². The molecule has 0 radical (unpaired) electrons. The Morgan fingerprint density at radius 1 is 1.50 bits per heavy atom. The molecule has 6 nitrogen and oxygen atoms in total. The van der Waals surface area contributed by atoms with Crippen LogP contribution in [0.2, 0.25) is 30.8 Å². The summed E-state index contributed by atoms with van der Waals surface area (Å²) in [6.45, 7) is 9.10. The molecule has 1 aromatic rings. The third-order valence-corrected chi connectivity index (χ3v) is 4.51. The molecule has 0 aliphatic carbocycles. The summed E-state index contributed by atoms with van der Waals surface area (Å²) in [5.74, 6) is 0. The Hall–Kier alpha value is -0.923. The molecule has 1 rings (SSSR count). The lowest BCUT2D eigenvalue weighted by Crippen LogP contribution is -2.22. The predicted molar refractivity (Wildman–Crippen MR) is 72.7 cm³/mol. The zero-order chi connectivity index (χ0) is 13.9. The summed E-state index contributed by atoms with van der Waals surface area (Å²) < 4.78 is 6.77. The van der Waals surface area contributed by atoms with Gasteiger partial charge in [-0.1, -0.05) is 31.2 Å². The number of aromatic nitrogens is 2. The van der Waals surface area contributed by atoms with Gasteiger partial charge in [0.25, 0.3) is 0 Å². The number of nitrogens with zero attached hydrogens (tertiary/aromatic N) is 3. The molecule has 1 heterocycles. The first-order valence-electron chi connectivity index (χ1n) is 5.67. The molecule has 0 aromatic carbocycles. The van der Waals surface area contributed by atoms with Crippen molar-refractivity contribution >= 4 is 25.4 Å². The molecule has 0 amide bonds. The van der Waals surface area contributed by atoms with Crippen LogP contribution in [0.15, 0.2) is 0 Å². The first kappa shape index (κ1) is 15.1. The Balaban J connectivity index is 2.59. The molecule has 0 saturated heterocycles. The summed E-state index contributed by atoms with van der Waals surface area (Å²) in [6.07, 6.45) is 0. The van der Waals surface area contributed by atoms with E-state index in [1.54, 1.807) is 6.92 Å². The quantitative estimate of drug-likeness (QED) is 0.349. The highest BCUT2D eigenvalue weighted by molar-refractivity contribution is 6.76. The van der Waals surface area contributed by atoms with Crippen molar-refractivity contribution in [1.82, 2.24) is 9.78 Å². The average Bonchev–Trinajstić information content (AvgIpc) is 2.47. The summed E-state index contributed by atoms with van der Waals surface area (Å²) in [5, 5.41) is 14.8. The molecule has 0 aliphatic rings. The highest BCUT2D eigenvalue weighted by Gasteiger charge is 2.23. The number of hydrogen-bond acceptors (Lipinski definition) is 4. The maximum absolute atomic E-state index is 10.7. The van der Waals surface area contributed by atoms with Gasteiger partial charge in [0.1, 0.15) is 12.4 Å². The van der Waals surface area contributed by atoms with Crippen LogP contribution in [0.5, 0.6) is 0 Å². The summed E-state index contributed by atoms with van der Waals surface area (Å²) in [7, 11) is -1.13. The number of ether oxygens (including phenoxy) is 1. The van der Waals surface area contributed by atoms with Crippen molar-refractivity contribution in [2.24, 2.45) is 0 Å². The number of halogens is 1. The highest BCUT2D eigenvalue weighted by atomic mass is 35.5. The van der Waals surface area contributed by atoms with Gasteiger partial charge in [0.2, 0.25) is 5.15 Å². The number of hydrogen-bond donors (Lipinski definition) is 0. The zero-order valence-electron chi connectivity index (χ0n) is 11.1. The van der Waals surface area contributed by atoms with Crippen LogP contribution in [-0.4, -0.2) is 29.4 Å². The van der Waals surface area contributed by atoms with Crippen LogP contribution in [0.4, 0.5) is 5.69 Å². The smallest absolute Gasteiger partial charge is 0.328 e. The summed E-state index contributed by atoms with van der Waals surface area (Å²) >= 11 is 5.88. The number of rotatable bonds is 6. The molecule has 1 aromatic heterocycles. The maximum Gasteiger partial charge on any atom is 0.328 e. The SMILES string of the molecule is Cc1nn(COCC[Si](C)(C)C)c(Cl)c1[N+](=O)[O-]. The van der Waals surface area contributed by atoms with Gasteiger partial charge in [0, 0.05) is 14.7 Å². The second-order valence-electron chi connectivity index (χ2n) is 5.33. The van der Waals surface area contributed by atoms with Crippen LogP contribution < -0.4 is 0 Å². The van der Waals surface area contributed by atoms with Gasteiger partial charge in [-0.3, -0.25) is 10.1 Å². The van der Waals surface area contributed by atoms with Crippen LogP contribution >= 0.6 is 11.6 Å². The Bertz CT molecular complexity index is 442. The van der Waals surface area contributed by atoms with Crippen LogP contribution in [0, 0.1) is 17.0 Å². The lowest BCUT2D eigenvalue weighted by Gasteiger charge is -2.15. The van der Waals surface area contributed by atoms with E-state index in [0.29, 0.717) is 12.3 Å². The molecule has 0 aliphatic heterocycles. The third-order valence-electron chi connectivity index (χ3n) is 2.43. The molecule has 18 heavy (non-hydrogen) atoms. The van der Waals surface area contributed by atoms with Crippen LogP contribution in [0.25, 0.3) is 0 Å². The van der Waals surface area contributed by atoms with E-state index in [1.807, 2.05) is 0 Å². The van der Waals surface area contributed by atoms with Crippen molar-refractivity contribution in [3.8, 4) is 0 Å². The third kappa shape index (κ3) is 4.07. The van der Waals surface area contributed by atoms with E-state index in [9.17, 15) is 10.1 Å². The molecule has 0 N–H and O–H groups in total. The Kier molecular flexibility index (Phi) is 4.89. The minimum absolute atomic E-state index is 0.0190. The van der Waals surface area contributed by atoms with E-state index in [-0.39, 0.29) is 17.6 Å². The summed E-state index contributed by atoms with van der Waals surface area (Å²) in [4.78, 5) is 10.2. The summed E-state index contributed by atoms with van der Waals surface area (Å²) in [6, 6.07) is 1.03. The van der Waals surface area contributed by atoms with Gasteiger partial charge in [-0.15, -0.1) is 0 Å². The van der Waals surface area contributed by atoms with Gasteiger partial charge < -0.3 is 4.74 Å². The van der Waals surface area contributed by atoms with E-state index in [0.717, 1.165) is 6.04 Å². The second kappa shape index (κ2) is 5.81. The van der Waals surface area contributed by atoms with Crippen LogP contribution in [-0.2, 0) is 11.5 Å². The minimum Gasteiger partial charge on any atom is -0.359 e. The monoisotopic (exact) mass is 291 g/mol. The van der Waals surface area contributed by atoms with Crippen molar-refractivity contribution in [3.05, 3.63) is 21.0 Å². The first-order chi connectivity index (χ1) is 8.22. The number of nitro groups is 1. The topological polar surface area (TPSA) is 70.2 Å². The molecule has 8 heteroatoms. The molecular formula is C10H18ClN3O3Si. The van der Waals surface area contributed by atoms with Crippen molar-refractivity contribution in [2.45, 2.75) is 39.3 Å². The fraction of sp³-hybridized carbons (Fsp3) is 0.700. The van der Waals surface area contributed by atoms with Gasteiger partial charge in [-0.25, -0.2) is 4.68 Å². The first-order valence-corrected chi connectivity index (χ1v) is 9.76. The van der Waals surface area contributed by atoms with Crippen LogP contribution in [0.3, 0.4) is 0 Å². The van der Waals surface area contributed by atoms with E-state index in [2.05, 4.69) is 24.7 Å². The fourth-order valence-corrected chi connectivity index (χ4v) is 2.42. The average molecular weight is 292 g/mol. The predicted octanol–water partition coefficient (Wildman–Crippen LogP) is 3.07. The Labute approximate surface area is 112 Å². The fourth-order valence-electron chi connectivity index (χ4n) is 1.37. The molecule has 0 saturated carbocycles. The van der Waals surface area contributed by atoms with Gasteiger partial charge in [0.05, 0.1) is 4.92 Å². The molecule has 0 fully saturated rings. The van der Waals surface area contributed by atoms with Gasteiger partial charge >= 0.3 is 5.69 Å². The molecule has 102 valence electrons. The van der Waals surface area contributed by atoms with Crippen molar-refractivity contribution in [2.75, 3.05) is 6.61 Å². The van der Waals surface area contributed by atoms with Crippen LogP contribution in [0.1, 0.15) is 5.69 Å². The molecule has 0 unspecified atom stereocenters. The Morgan fingerprint density at radius 2 is 2.11 bits per heavy atom. The molecule has 0 atom stereocenters. The summed E-state index contributed by atoms with van der Waals surface area (Å²) in [5.41, 5.74) is 0.157. The van der Waals surface area contributed by atoms with Gasteiger partial charge in [-0.05, 0) is 13.0 Å². The molecular weight excluding hydrogens is 274 g/mol. The molecule has 0 bridgehead atoms. The standard InChI is InChI=1S/C10H18ClN3O3Si/c1-8-9(14(15)16)10(11)13(12-8)7-17-5-6-18(2,3)4/h5-7H2,1-4H3. The van der Waals surface area contributed by atoms with E-state index in [4.69, 9.17) is 16.3 Å².